The lowest BCUT2D eigenvalue weighted by Gasteiger charge is -2.10. The number of nitrogens with zero attached hydrogens (tertiary/aromatic N) is 1. The highest BCUT2D eigenvalue weighted by Crippen LogP contribution is 2.30. The number of nitrogens with one attached hydrogen (secondary N) is 1. The fourth-order valence-electron chi connectivity index (χ4n) is 2.22. The van der Waals surface area contributed by atoms with E-state index in [0.29, 0.717) is 11.5 Å². The summed E-state index contributed by atoms with van der Waals surface area (Å²) < 4.78 is 5.59. The molecule has 0 amide bonds. The van der Waals surface area contributed by atoms with Crippen LogP contribution in [0.5, 0.6) is 5.75 Å². The van der Waals surface area contributed by atoms with Gasteiger partial charge in [-0.25, -0.2) is 4.79 Å². The summed E-state index contributed by atoms with van der Waals surface area (Å²) in [4.78, 5) is 17.5. The minimum atomic E-state index is -0.265. The Hall–Kier alpha value is -1.72. The average Bonchev–Trinajstić information content (AvgIpc) is 2.94. The highest BCUT2D eigenvalue weighted by molar-refractivity contribution is 8.13. The summed E-state index contributed by atoms with van der Waals surface area (Å²) in [5.74, 6) is 1.29. The molecule has 0 saturated heterocycles. The van der Waals surface area contributed by atoms with E-state index in [1.165, 1.54) is 22.9 Å². The van der Waals surface area contributed by atoms with Crippen molar-refractivity contribution in [1.82, 2.24) is 9.88 Å². The number of H-pyrrole nitrogens is 1. The van der Waals surface area contributed by atoms with Crippen LogP contribution >= 0.6 is 11.8 Å². The maximum absolute atomic E-state index is 12.1. The average molecular weight is 332 g/mol. The summed E-state index contributed by atoms with van der Waals surface area (Å²) in [5, 5.41) is 0.740. The van der Waals surface area contributed by atoms with Crippen molar-refractivity contribution >= 4 is 28.0 Å². The first-order chi connectivity index (χ1) is 11.0. The fraction of sp³-hybridized carbons (Fsp3) is 0.389. The molecule has 0 radical (unpaired) electrons. The summed E-state index contributed by atoms with van der Waals surface area (Å²) in [5.41, 5.74) is 3.34. The van der Waals surface area contributed by atoms with Gasteiger partial charge in [-0.05, 0) is 63.8 Å². The van der Waals surface area contributed by atoms with Crippen molar-refractivity contribution in [1.29, 1.82) is 0 Å². The Morgan fingerprint density at radius 1 is 1.39 bits per heavy atom. The van der Waals surface area contributed by atoms with Crippen molar-refractivity contribution < 1.29 is 9.53 Å². The van der Waals surface area contributed by atoms with E-state index >= 15 is 0 Å². The molecule has 0 aliphatic heterocycles. The molecule has 0 fully saturated rings. The quantitative estimate of drug-likeness (QED) is 0.626. The highest BCUT2D eigenvalue weighted by atomic mass is 32.2. The highest BCUT2D eigenvalue weighted by Gasteiger charge is 2.13. The van der Waals surface area contributed by atoms with Gasteiger partial charge in [-0.15, -0.1) is 0 Å². The van der Waals surface area contributed by atoms with E-state index in [1.54, 1.807) is 0 Å². The number of aromatic nitrogens is 1. The van der Waals surface area contributed by atoms with Crippen LogP contribution < -0.4 is 4.74 Å². The number of carbonyl (C=O) groups is 1. The van der Waals surface area contributed by atoms with Gasteiger partial charge in [-0.1, -0.05) is 17.7 Å². The second-order valence-electron chi connectivity index (χ2n) is 5.82. The molecule has 1 N–H and O–H groups in total. The molecule has 0 aliphatic rings. The van der Waals surface area contributed by atoms with Crippen LogP contribution in [0.2, 0.25) is 0 Å². The molecule has 0 atom stereocenters. The van der Waals surface area contributed by atoms with Crippen LogP contribution in [0.3, 0.4) is 0 Å². The molecule has 124 valence electrons. The van der Waals surface area contributed by atoms with Crippen LogP contribution in [0.15, 0.2) is 36.0 Å². The van der Waals surface area contributed by atoms with Gasteiger partial charge in [0.2, 0.25) is 0 Å². The number of hydrogen-bond acceptors (Lipinski definition) is 4. The number of allylic oxidation sites excluding steroid dienone is 1. The minimum absolute atomic E-state index is 0.265. The number of aromatic amines is 1. The normalized spacial score (nSPS) is 12.1. The van der Waals surface area contributed by atoms with E-state index in [9.17, 15) is 4.79 Å². The minimum Gasteiger partial charge on any atom is -0.418 e. The molecule has 23 heavy (non-hydrogen) atoms. The van der Waals surface area contributed by atoms with Crippen LogP contribution in [-0.2, 0) is 6.42 Å². The first kappa shape index (κ1) is 17.6. The number of hydrogen-bond donors (Lipinski definition) is 1. The predicted molar refractivity (Wildman–Crippen MR) is 98.5 cm³/mol. The number of thioether (sulfide) groups is 1. The Labute approximate surface area is 141 Å². The van der Waals surface area contributed by atoms with Gasteiger partial charge in [0.15, 0.2) is 0 Å². The number of rotatable bonds is 6. The number of fused-ring (bicyclic) bond motifs is 1. The third-order valence-electron chi connectivity index (χ3n) is 3.68. The second kappa shape index (κ2) is 8.22. The molecule has 1 aromatic carbocycles. The first-order valence-electron chi connectivity index (χ1n) is 7.71. The molecule has 0 saturated carbocycles. The Bertz CT molecular complexity index is 704. The maximum Gasteiger partial charge on any atom is 0.373 e. The lowest BCUT2D eigenvalue weighted by atomic mass is 10.1. The van der Waals surface area contributed by atoms with Gasteiger partial charge in [0, 0.05) is 29.4 Å². The van der Waals surface area contributed by atoms with Gasteiger partial charge in [-0.3, -0.25) is 0 Å². The van der Waals surface area contributed by atoms with Gasteiger partial charge in [0.05, 0.1) is 0 Å². The third kappa shape index (κ3) is 4.88. The van der Waals surface area contributed by atoms with Crippen LogP contribution in [0.1, 0.15) is 19.4 Å². The third-order valence-corrected chi connectivity index (χ3v) is 4.60. The van der Waals surface area contributed by atoms with Gasteiger partial charge >= 0.3 is 5.30 Å². The molecule has 5 heteroatoms. The smallest absolute Gasteiger partial charge is 0.373 e. The van der Waals surface area contributed by atoms with Gasteiger partial charge in [0.25, 0.3) is 0 Å². The molecule has 0 bridgehead atoms. The van der Waals surface area contributed by atoms with Crippen molar-refractivity contribution in [3.05, 3.63) is 41.6 Å². The number of benzene rings is 1. The Morgan fingerprint density at radius 3 is 2.87 bits per heavy atom. The second-order valence-corrected chi connectivity index (χ2v) is 6.73. The number of carbonyl (C=O) groups excluding carboxylic acids is 1. The molecule has 0 unspecified atom stereocenters. The molecular weight excluding hydrogens is 308 g/mol. The summed E-state index contributed by atoms with van der Waals surface area (Å²) in [7, 11) is 4.10. The van der Waals surface area contributed by atoms with E-state index < -0.39 is 0 Å². The van der Waals surface area contributed by atoms with Crippen molar-refractivity contribution in [3.8, 4) is 5.75 Å². The molecular formula is C18H24N2O2S. The maximum atomic E-state index is 12.1. The zero-order valence-electron chi connectivity index (χ0n) is 14.2. The topological polar surface area (TPSA) is 45.3 Å². The summed E-state index contributed by atoms with van der Waals surface area (Å²) in [6.07, 6.45) is 4.92. The Kier molecular flexibility index (Phi) is 6.30. The van der Waals surface area contributed by atoms with Crippen LogP contribution in [-0.4, -0.2) is 41.6 Å². The largest absolute Gasteiger partial charge is 0.418 e. The molecule has 0 aliphatic carbocycles. The molecule has 1 aromatic heterocycles. The molecule has 0 spiro atoms. The monoisotopic (exact) mass is 332 g/mol. The SMILES string of the molecule is C/C=C(\C)CSC(=O)Oc1cccc2[nH]cc(CCN(C)C)c12. The van der Waals surface area contributed by atoms with Crippen molar-refractivity contribution in [2.75, 3.05) is 26.4 Å². The Morgan fingerprint density at radius 2 is 2.17 bits per heavy atom. The van der Waals surface area contributed by atoms with Crippen LogP contribution in [0.4, 0.5) is 4.79 Å². The van der Waals surface area contributed by atoms with Gasteiger partial charge in [0.1, 0.15) is 5.75 Å². The zero-order valence-corrected chi connectivity index (χ0v) is 15.0. The van der Waals surface area contributed by atoms with Crippen LogP contribution in [0.25, 0.3) is 10.9 Å². The lowest BCUT2D eigenvalue weighted by molar-refractivity contribution is 0.227. The van der Waals surface area contributed by atoms with E-state index in [4.69, 9.17) is 4.74 Å². The molecule has 2 aromatic rings. The summed E-state index contributed by atoms with van der Waals surface area (Å²) >= 11 is 1.19. The molecule has 4 nitrogen and oxygen atoms in total. The Balaban J connectivity index is 2.16. The van der Waals surface area contributed by atoms with E-state index in [-0.39, 0.29) is 5.30 Å². The van der Waals surface area contributed by atoms with Crippen molar-refractivity contribution in [2.24, 2.45) is 0 Å². The summed E-state index contributed by atoms with van der Waals surface area (Å²) in [6.45, 7) is 4.93. The predicted octanol–water partition coefficient (Wildman–Crippen LogP) is 4.47. The van der Waals surface area contributed by atoms with E-state index in [1.807, 2.05) is 44.3 Å². The lowest BCUT2D eigenvalue weighted by Crippen LogP contribution is -2.15. The molecule has 1 heterocycles. The van der Waals surface area contributed by atoms with E-state index in [2.05, 4.69) is 24.0 Å². The van der Waals surface area contributed by atoms with Gasteiger partial charge in [-0.2, -0.15) is 0 Å². The van der Waals surface area contributed by atoms with Crippen molar-refractivity contribution in [2.45, 2.75) is 20.3 Å². The van der Waals surface area contributed by atoms with Crippen molar-refractivity contribution in [3.63, 3.8) is 0 Å². The number of likely N-dealkylation sites (N-methyl/N-ethyl adjacent to an activating group) is 1. The standard InChI is InChI=1S/C18H24N2O2S/c1-5-13(2)12-23-18(21)22-16-8-6-7-15-17(16)14(11-19-15)9-10-20(3)4/h5-8,11,19H,9-10,12H2,1-4H3/b13-5+. The number of ether oxygens (including phenoxy) is 1. The zero-order chi connectivity index (χ0) is 16.8. The van der Waals surface area contributed by atoms with E-state index in [0.717, 1.165) is 23.9 Å². The summed E-state index contributed by atoms with van der Waals surface area (Å²) in [6, 6.07) is 5.76. The van der Waals surface area contributed by atoms with Gasteiger partial charge < -0.3 is 14.6 Å². The first-order valence-corrected chi connectivity index (χ1v) is 8.70. The molecule has 2 rings (SSSR count). The fourth-order valence-corrected chi connectivity index (χ4v) is 2.88. The van der Waals surface area contributed by atoms with Crippen LogP contribution in [0, 0.1) is 0 Å².